The Morgan fingerprint density at radius 1 is 0.361 bits per heavy atom. The highest BCUT2D eigenvalue weighted by molar-refractivity contribution is 5.76. The normalized spacial score (nSPS) is 22.2. The molecule has 0 aromatic carbocycles. The van der Waals surface area contributed by atoms with Gasteiger partial charge in [0.1, 0.15) is 48.8 Å². The van der Waals surface area contributed by atoms with Crippen molar-refractivity contribution < 1.29 is 64.6 Å². The summed E-state index contributed by atoms with van der Waals surface area (Å²) in [7, 11) is 0. The number of rotatable bonds is 71. The number of ether oxygens (including phenoxy) is 4. The Morgan fingerprint density at radius 3 is 1.01 bits per heavy atom. The van der Waals surface area contributed by atoms with Crippen LogP contribution in [0, 0.1) is 0 Å². The van der Waals surface area contributed by atoms with Crippen LogP contribution in [0.1, 0.15) is 393 Å². The smallest absolute Gasteiger partial charge is 0.220 e. The maximum atomic E-state index is 13.4. The highest BCUT2D eigenvalue weighted by Gasteiger charge is 2.51. The molecule has 0 aliphatic carbocycles. The van der Waals surface area contributed by atoms with Crippen LogP contribution in [0.15, 0.2) is 36.5 Å². The van der Waals surface area contributed by atoms with E-state index < -0.39 is 86.8 Å². The number of allylic oxidation sites excluding steroid dienone is 5. The minimum Gasteiger partial charge on any atom is -0.394 e. The number of hydrogen-bond acceptors (Lipinski definition) is 13. The fraction of sp³-hybridized carbons (Fsp3) is 0.916. The summed E-state index contributed by atoms with van der Waals surface area (Å²) in [5.41, 5.74) is 0. The molecule has 2 saturated heterocycles. The zero-order chi connectivity index (χ0) is 70.1. The summed E-state index contributed by atoms with van der Waals surface area (Å²) in [4.78, 5) is 13.4. The third-order valence-electron chi connectivity index (χ3n) is 20.6. The Kier molecular flexibility index (Phi) is 63.4. The zero-order valence-electron chi connectivity index (χ0n) is 62.9. The summed E-state index contributed by atoms with van der Waals surface area (Å²) in [6, 6.07) is -0.938. The van der Waals surface area contributed by atoms with Gasteiger partial charge in [-0.3, -0.25) is 4.79 Å². The first-order valence-electron chi connectivity index (χ1n) is 41.7. The van der Waals surface area contributed by atoms with Crippen molar-refractivity contribution in [1.29, 1.82) is 0 Å². The molecule has 97 heavy (non-hydrogen) atoms. The summed E-state index contributed by atoms with van der Waals surface area (Å²) in [6.07, 6.45) is 72.6. The molecule has 14 nitrogen and oxygen atoms in total. The molecule has 0 saturated carbocycles. The summed E-state index contributed by atoms with van der Waals surface area (Å²) < 4.78 is 22.9. The van der Waals surface area contributed by atoms with Crippen LogP contribution in [0.4, 0.5) is 0 Å². The van der Waals surface area contributed by atoms with Crippen LogP contribution < -0.4 is 5.32 Å². The molecule has 2 fully saturated rings. The highest BCUT2D eigenvalue weighted by atomic mass is 16.7. The first-order valence-corrected chi connectivity index (χ1v) is 41.7. The number of amides is 1. The zero-order valence-corrected chi connectivity index (χ0v) is 62.9. The molecule has 9 N–H and O–H groups in total. The van der Waals surface area contributed by atoms with E-state index in [2.05, 4.69) is 43.5 Å². The van der Waals surface area contributed by atoms with Crippen LogP contribution in [0.2, 0.25) is 0 Å². The first kappa shape index (κ1) is 91.3. The molecule has 2 aliphatic rings. The van der Waals surface area contributed by atoms with Crippen molar-refractivity contribution in [1.82, 2.24) is 5.32 Å². The van der Waals surface area contributed by atoms with Crippen LogP contribution in [0.25, 0.3) is 0 Å². The fourth-order valence-corrected chi connectivity index (χ4v) is 14.0. The number of unbranched alkanes of at least 4 members (excludes halogenated alkanes) is 54. The second-order valence-corrected chi connectivity index (χ2v) is 29.6. The summed E-state index contributed by atoms with van der Waals surface area (Å²) in [5, 5.41) is 87.6. The van der Waals surface area contributed by atoms with E-state index in [4.69, 9.17) is 18.9 Å². The topological polar surface area (TPSA) is 228 Å². The van der Waals surface area contributed by atoms with Crippen molar-refractivity contribution in [3.63, 3.8) is 0 Å². The largest absolute Gasteiger partial charge is 0.394 e. The van der Waals surface area contributed by atoms with Gasteiger partial charge in [0.15, 0.2) is 12.6 Å². The molecule has 12 unspecified atom stereocenters. The predicted molar refractivity (Wildman–Crippen MR) is 401 cm³/mol. The van der Waals surface area contributed by atoms with Gasteiger partial charge in [0.05, 0.1) is 32.0 Å². The fourth-order valence-electron chi connectivity index (χ4n) is 14.0. The Balaban J connectivity index is 1.58. The van der Waals surface area contributed by atoms with E-state index in [-0.39, 0.29) is 18.9 Å². The molecule has 572 valence electrons. The van der Waals surface area contributed by atoms with Gasteiger partial charge < -0.3 is 65.1 Å². The van der Waals surface area contributed by atoms with Crippen LogP contribution in [-0.4, -0.2) is 140 Å². The predicted octanol–water partition coefficient (Wildman–Crippen LogP) is 19.2. The average molecular weight is 1380 g/mol. The Hall–Kier alpha value is -1.79. The molecular formula is C83H157NO13. The lowest BCUT2D eigenvalue weighted by Crippen LogP contribution is -2.65. The van der Waals surface area contributed by atoms with Crippen molar-refractivity contribution in [3.8, 4) is 0 Å². The van der Waals surface area contributed by atoms with Gasteiger partial charge in [0, 0.05) is 6.42 Å². The van der Waals surface area contributed by atoms with Gasteiger partial charge in [0.25, 0.3) is 0 Å². The SMILES string of the molecule is CCCCCCCCCCCCCCCC/C=C/CC/C=C/CC/C=C/C(O)C(COC1OC(CO)C(OC2OC(CO)C(O)C(O)C2O)C(O)C1O)NC(=O)CCCCCCCCCCCCCCCCCCCCCCCCCCCCCCCCCCCCCCCCC. The molecule has 0 bridgehead atoms. The molecule has 0 aromatic rings. The number of carbonyl (C=O) groups excluding carboxylic acids is 1. The molecule has 0 aromatic heterocycles. The van der Waals surface area contributed by atoms with E-state index >= 15 is 0 Å². The molecule has 2 heterocycles. The molecule has 0 spiro atoms. The molecule has 1 amide bonds. The summed E-state index contributed by atoms with van der Waals surface area (Å²) in [5.74, 6) is -0.245. The lowest BCUT2D eigenvalue weighted by atomic mass is 9.97. The first-order chi connectivity index (χ1) is 47.6. The number of aliphatic hydroxyl groups is 8. The van der Waals surface area contributed by atoms with E-state index in [0.717, 1.165) is 44.9 Å². The third-order valence-corrected chi connectivity index (χ3v) is 20.6. The van der Waals surface area contributed by atoms with Gasteiger partial charge in [-0.2, -0.15) is 0 Å². The van der Waals surface area contributed by atoms with Crippen molar-refractivity contribution in [2.45, 2.75) is 466 Å². The number of hydrogen-bond donors (Lipinski definition) is 9. The maximum Gasteiger partial charge on any atom is 0.220 e. The van der Waals surface area contributed by atoms with Crippen molar-refractivity contribution in [2.24, 2.45) is 0 Å². The van der Waals surface area contributed by atoms with Crippen LogP contribution in [0.5, 0.6) is 0 Å². The maximum absolute atomic E-state index is 13.4. The highest BCUT2D eigenvalue weighted by Crippen LogP contribution is 2.30. The monoisotopic (exact) mass is 1380 g/mol. The molecule has 14 heteroatoms. The van der Waals surface area contributed by atoms with Gasteiger partial charge in [-0.1, -0.05) is 378 Å². The second kappa shape index (κ2) is 67.4. The standard InChI is InChI=1S/C83H157NO13/c1-3-5-7-9-11-13-15-17-19-21-23-25-27-29-30-31-32-33-34-35-36-37-38-39-40-41-42-43-45-47-49-51-53-55-57-59-61-63-65-67-75(88)84-71(70-94-82-80(93)78(91)81(74(69-86)96-82)97-83-79(92)77(90)76(89)73(68-85)95-83)72(87)66-64-62-60-58-56-54-52-50-48-46-44-28-26-24-22-20-18-16-14-12-10-8-6-4-2/h48,50,56,58,64,66,71-74,76-83,85-87,89-93H,3-47,49,51-55,57,59-63,65,67-70H2,1-2H3,(H,84,88)/b50-48+,58-56+,66-64+. The van der Waals surface area contributed by atoms with Crippen LogP contribution in [0.3, 0.4) is 0 Å². The van der Waals surface area contributed by atoms with Gasteiger partial charge in [0.2, 0.25) is 5.91 Å². The number of aliphatic hydroxyl groups excluding tert-OH is 8. The van der Waals surface area contributed by atoms with E-state index in [9.17, 15) is 45.6 Å². The van der Waals surface area contributed by atoms with Crippen molar-refractivity contribution in [3.05, 3.63) is 36.5 Å². The van der Waals surface area contributed by atoms with Crippen LogP contribution in [-0.2, 0) is 23.7 Å². The Bertz CT molecular complexity index is 1770. The van der Waals surface area contributed by atoms with Crippen molar-refractivity contribution >= 4 is 5.91 Å². The van der Waals surface area contributed by atoms with Crippen molar-refractivity contribution in [2.75, 3.05) is 19.8 Å². The average Bonchev–Trinajstić information content (AvgIpc) is 0.793. The van der Waals surface area contributed by atoms with E-state index in [0.29, 0.717) is 12.8 Å². The summed E-state index contributed by atoms with van der Waals surface area (Å²) in [6.45, 7) is 2.84. The molecule has 2 aliphatic heterocycles. The molecular weight excluding hydrogens is 1220 g/mol. The molecule has 2 rings (SSSR count). The lowest BCUT2D eigenvalue weighted by molar-refractivity contribution is -0.359. The Labute approximate surface area is 595 Å². The van der Waals surface area contributed by atoms with Gasteiger partial charge >= 0.3 is 0 Å². The number of nitrogens with one attached hydrogen (secondary N) is 1. The summed E-state index contributed by atoms with van der Waals surface area (Å²) >= 11 is 0. The van der Waals surface area contributed by atoms with Gasteiger partial charge in [-0.15, -0.1) is 0 Å². The molecule has 0 radical (unpaired) electrons. The molecule has 12 atom stereocenters. The number of carbonyl (C=O) groups is 1. The Morgan fingerprint density at radius 2 is 0.660 bits per heavy atom. The van der Waals surface area contributed by atoms with E-state index in [1.165, 1.54) is 315 Å². The second-order valence-electron chi connectivity index (χ2n) is 29.6. The minimum absolute atomic E-state index is 0.245. The quantitative estimate of drug-likeness (QED) is 0.0204. The minimum atomic E-state index is -1.79. The lowest BCUT2D eigenvalue weighted by Gasteiger charge is -2.46. The van der Waals surface area contributed by atoms with Gasteiger partial charge in [-0.25, -0.2) is 0 Å². The van der Waals surface area contributed by atoms with Crippen LogP contribution >= 0.6 is 0 Å². The third kappa shape index (κ3) is 50.3. The van der Waals surface area contributed by atoms with E-state index in [1.807, 2.05) is 6.08 Å². The van der Waals surface area contributed by atoms with E-state index in [1.54, 1.807) is 6.08 Å². The van der Waals surface area contributed by atoms with Gasteiger partial charge in [-0.05, 0) is 44.9 Å².